The number of fused-ring (bicyclic) bond motifs is 5. The zero-order valence-electron chi connectivity index (χ0n) is 16.8. The summed E-state index contributed by atoms with van der Waals surface area (Å²) >= 11 is 1.33. The Balaban J connectivity index is 1.47. The summed E-state index contributed by atoms with van der Waals surface area (Å²) in [5.41, 5.74) is 2.88. The Morgan fingerprint density at radius 2 is 1.94 bits per heavy atom. The summed E-state index contributed by atoms with van der Waals surface area (Å²) in [5.74, 6) is -1.48. The average molecular weight is 455 g/mol. The highest BCUT2D eigenvalue weighted by Crippen LogP contribution is 2.46. The Kier molecular flexibility index (Phi) is 4.39. The maximum atomic E-state index is 14.2. The monoisotopic (exact) mass is 455 g/mol. The summed E-state index contributed by atoms with van der Waals surface area (Å²) in [5, 5.41) is 13.6. The second-order valence-corrected chi connectivity index (χ2v) is 9.46. The summed E-state index contributed by atoms with van der Waals surface area (Å²) in [6.45, 7) is 0. The second-order valence-electron chi connectivity index (χ2n) is 8.62. The van der Waals surface area contributed by atoms with Gasteiger partial charge in [0.15, 0.2) is 11.6 Å². The molecule has 3 saturated carbocycles. The molecular formula is C22H19F2N5O2S. The summed E-state index contributed by atoms with van der Waals surface area (Å²) in [7, 11) is 0. The Morgan fingerprint density at radius 3 is 2.72 bits per heavy atom. The lowest BCUT2D eigenvalue weighted by Gasteiger charge is -2.47. The number of H-pyrrole nitrogens is 1. The molecule has 0 amide bonds. The molecule has 2 unspecified atom stereocenters. The quantitative estimate of drug-likeness (QED) is 0.408. The first kappa shape index (κ1) is 19.5. The molecule has 3 fully saturated rings. The number of thiazole rings is 1. The average Bonchev–Trinajstić information content (AvgIpc) is 3.41. The molecule has 164 valence electrons. The number of carboxylic acid groups (broad SMARTS) is 1. The van der Waals surface area contributed by atoms with E-state index in [9.17, 15) is 18.7 Å². The zero-order chi connectivity index (χ0) is 22.0. The van der Waals surface area contributed by atoms with Crippen LogP contribution in [-0.2, 0) is 4.79 Å². The molecule has 10 heteroatoms. The van der Waals surface area contributed by atoms with Crippen molar-refractivity contribution in [2.75, 3.05) is 5.32 Å². The van der Waals surface area contributed by atoms with Gasteiger partial charge in [0.2, 0.25) is 0 Å². The van der Waals surface area contributed by atoms with Crippen LogP contribution in [0.25, 0.3) is 32.6 Å². The molecule has 0 spiro atoms. The van der Waals surface area contributed by atoms with Gasteiger partial charge in [-0.25, -0.2) is 23.7 Å². The minimum Gasteiger partial charge on any atom is -0.481 e. The van der Waals surface area contributed by atoms with E-state index in [1.807, 2.05) is 0 Å². The molecule has 3 heterocycles. The van der Waals surface area contributed by atoms with Crippen molar-refractivity contribution in [2.24, 2.45) is 17.8 Å². The van der Waals surface area contributed by atoms with Crippen molar-refractivity contribution in [1.29, 1.82) is 0 Å². The summed E-state index contributed by atoms with van der Waals surface area (Å²) < 4.78 is 28.1. The van der Waals surface area contributed by atoms with E-state index in [-0.39, 0.29) is 23.4 Å². The van der Waals surface area contributed by atoms with Gasteiger partial charge in [-0.15, -0.1) is 11.3 Å². The van der Waals surface area contributed by atoms with Crippen LogP contribution in [0.3, 0.4) is 0 Å². The molecule has 1 aromatic carbocycles. The molecule has 3 aliphatic rings. The lowest BCUT2D eigenvalue weighted by atomic mass is 9.61. The highest BCUT2D eigenvalue weighted by Gasteiger charge is 2.47. The van der Waals surface area contributed by atoms with Crippen LogP contribution in [0.5, 0.6) is 0 Å². The fourth-order valence-electron chi connectivity index (χ4n) is 5.49. The van der Waals surface area contributed by atoms with E-state index in [1.54, 1.807) is 11.7 Å². The standard InChI is InChI=1S/C22H19F2N5O2S/c23-11-5-12-13(7-25-17(12)14(24)6-11)19-28-20(18-21(29-19)32-8-26-18)27-16-10-3-1-9(2-4-10)15(16)22(30)31/h5-10,15-16,25H,1-4H2,(H,30,31)(H,27,28,29). The molecule has 2 bridgehead atoms. The predicted molar refractivity (Wildman–Crippen MR) is 116 cm³/mol. The van der Waals surface area contributed by atoms with Crippen molar-refractivity contribution in [3.8, 4) is 11.4 Å². The molecule has 0 radical (unpaired) electrons. The van der Waals surface area contributed by atoms with Gasteiger partial charge in [-0.3, -0.25) is 4.79 Å². The Morgan fingerprint density at radius 1 is 1.16 bits per heavy atom. The fraction of sp³-hybridized carbons (Fsp3) is 0.364. The molecule has 32 heavy (non-hydrogen) atoms. The molecular weight excluding hydrogens is 436 g/mol. The van der Waals surface area contributed by atoms with Crippen molar-refractivity contribution < 1.29 is 18.7 Å². The lowest BCUT2D eigenvalue weighted by molar-refractivity contribution is -0.148. The number of hydrogen-bond acceptors (Lipinski definition) is 6. The number of rotatable bonds is 4. The molecule has 7 nitrogen and oxygen atoms in total. The SMILES string of the molecule is O=C(O)C1C2CCC(CC2)C1Nc1nc(-c2c[nH]c3c(F)cc(F)cc23)nc2scnc12. The first-order valence-electron chi connectivity index (χ1n) is 10.6. The Bertz CT molecular complexity index is 1360. The van der Waals surface area contributed by atoms with Crippen LogP contribution < -0.4 is 5.32 Å². The molecule has 2 atom stereocenters. The molecule has 0 aliphatic heterocycles. The second kappa shape index (κ2) is 7.19. The van der Waals surface area contributed by atoms with Crippen molar-refractivity contribution >= 4 is 44.4 Å². The van der Waals surface area contributed by atoms with Crippen LogP contribution in [0.15, 0.2) is 23.8 Å². The van der Waals surface area contributed by atoms with Crippen molar-refractivity contribution in [3.05, 3.63) is 35.5 Å². The van der Waals surface area contributed by atoms with Crippen LogP contribution in [0.2, 0.25) is 0 Å². The van der Waals surface area contributed by atoms with E-state index in [1.165, 1.54) is 17.4 Å². The minimum absolute atomic E-state index is 0.154. The number of carbonyl (C=O) groups is 1. The van der Waals surface area contributed by atoms with E-state index in [0.717, 1.165) is 31.7 Å². The van der Waals surface area contributed by atoms with Crippen molar-refractivity contribution in [2.45, 2.75) is 31.7 Å². The lowest BCUT2D eigenvalue weighted by Crippen LogP contribution is -2.51. The number of halogens is 2. The number of carboxylic acids is 1. The van der Waals surface area contributed by atoms with Crippen LogP contribution in [0, 0.1) is 29.4 Å². The number of anilines is 1. The summed E-state index contributed by atoms with van der Waals surface area (Å²) in [6.07, 6.45) is 5.42. The van der Waals surface area contributed by atoms with Gasteiger partial charge in [0.05, 0.1) is 16.9 Å². The molecule has 3 N–H and O–H groups in total. The first-order chi connectivity index (χ1) is 15.5. The highest BCUT2D eigenvalue weighted by atomic mass is 32.1. The zero-order valence-corrected chi connectivity index (χ0v) is 17.6. The van der Waals surface area contributed by atoms with Gasteiger partial charge in [-0.2, -0.15) is 0 Å². The minimum atomic E-state index is -0.789. The number of nitrogens with one attached hydrogen (secondary N) is 2. The summed E-state index contributed by atoms with van der Waals surface area (Å²) in [4.78, 5) is 29.1. The van der Waals surface area contributed by atoms with Gasteiger partial charge in [0.1, 0.15) is 22.0 Å². The number of hydrogen-bond donors (Lipinski definition) is 3. The van der Waals surface area contributed by atoms with Crippen LogP contribution >= 0.6 is 11.3 Å². The molecule has 7 rings (SSSR count). The van der Waals surface area contributed by atoms with Gasteiger partial charge in [0.25, 0.3) is 0 Å². The molecule has 3 aromatic heterocycles. The first-order valence-corrected chi connectivity index (χ1v) is 11.4. The van der Waals surface area contributed by atoms with E-state index in [2.05, 4.69) is 25.3 Å². The van der Waals surface area contributed by atoms with Gasteiger partial charge < -0.3 is 15.4 Å². The Labute approximate surface area is 184 Å². The molecule has 3 aliphatic carbocycles. The van der Waals surface area contributed by atoms with Crippen LogP contribution in [0.1, 0.15) is 25.7 Å². The number of aromatic nitrogens is 4. The van der Waals surface area contributed by atoms with Crippen molar-refractivity contribution in [3.63, 3.8) is 0 Å². The van der Waals surface area contributed by atoms with Gasteiger partial charge in [-0.05, 0) is 43.6 Å². The normalized spacial score (nSPS) is 24.9. The molecule has 4 aromatic rings. The van der Waals surface area contributed by atoms with E-state index in [4.69, 9.17) is 0 Å². The number of nitrogens with zero attached hydrogens (tertiary/aromatic N) is 3. The smallest absolute Gasteiger partial charge is 0.308 e. The van der Waals surface area contributed by atoms with Crippen molar-refractivity contribution in [1.82, 2.24) is 19.9 Å². The van der Waals surface area contributed by atoms with Gasteiger partial charge in [0, 0.05) is 29.3 Å². The number of aromatic amines is 1. The highest BCUT2D eigenvalue weighted by molar-refractivity contribution is 7.16. The van der Waals surface area contributed by atoms with Crippen LogP contribution in [-0.4, -0.2) is 37.1 Å². The largest absolute Gasteiger partial charge is 0.481 e. The fourth-order valence-corrected chi connectivity index (χ4v) is 6.15. The maximum absolute atomic E-state index is 14.2. The van der Waals surface area contributed by atoms with Gasteiger partial charge in [-0.1, -0.05) is 0 Å². The molecule has 0 saturated heterocycles. The van der Waals surface area contributed by atoms with E-state index >= 15 is 0 Å². The van der Waals surface area contributed by atoms with Gasteiger partial charge >= 0.3 is 5.97 Å². The Hall–Kier alpha value is -3.14. The maximum Gasteiger partial charge on any atom is 0.308 e. The van der Waals surface area contributed by atoms with E-state index < -0.39 is 23.5 Å². The number of benzene rings is 1. The number of aliphatic carboxylic acids is 1. The predicted octanol–water partition coefficient (Wildman–Crippen LogP) is 4.81. The van der Waals surface area contributed by atoms with Crippen LogP contribution in [0.4, 0.5) is 14.6 Å². The topological polar surface area (TPSA) is 104 Å². The summed E-state index contributed by atoms with van der Waals surface area (Å²) in [6, 6.07) is 1.83. The van der Waals surface area contributed by atoms with E-state index in [0.29, 0.717) is 32.9 Å². The third-order valence-corrected chi connectivity index (χ3v) is 7.67. The third kappa shape index (κ3) is 2.96. The third-order valence-electron chi connectivity index (χ3n) is 6.95.